The average Bonchev–Trinajstić information content (AvgIpc) is 2.56. The minimum absolute atomic E-state index is 0.0414. The molecule has 1 rings (SSSR count). The Hall–Kier alpha value is -1.60. The zero-order valence-corrected chi connectivity index (χ0v) is 17.7. The Bertz CT molecular complexity index is 704. The summed E-state index contributed by atoms with van der Waals surface area (Å²) in [5, 5.41) is 3.08. The lowest BCUT2D eigenvalue weighted by Gasteiger charge is -2.26. The highest BCUT2D eigenvalue weighted by molar-refractivity contribution is 7.89. The molecule has 148 valence electrons. The number of amides is 1. The first-order valence-electron chi connectivity index (χ1n) is 8.89. The molecule has 0 saturated heterocycles. The Labute approximate surface area is 158 Å². The van der Waals surface area contributed by atoms with Crippen molar-refractivity contribution in [1.82, 2.24) is 9.62 Å². The van der Waals surface area contributed by atoms with Crippen LogP contribution in [0, 0.1) is 11.8 Å². The second-order valence-electron chi connectivity index (χ2n) is 7.34. The molecule has 0 radical (unpaired) electrons. The first-order valence-corrected chi connectivity index (χ1v) is 10.3. The highest BCUT2D eigenvalue weighted by Gasteiger charge is 2.21. The molecular weight excluding hydrogens is 352 g/mol. The number of aryl methyl sites for hydroxylation is 1. The van der Waals surface area contributed by atoms with Crippen LogP contribution < -0.4 is 10.1 Å². The van der Waals surface area contributed by atoms with E-state index in [1.54, 1.807) is 12.1 Å². The molecule has 1 aromatic rings. The number of carbonyl (C=O) groups excluding carboxylic acids is 1. The van der Waals surface area contributed by atoms with E-state index in [4.69, 9.17) is 4.74 Å². The van der Waals surface area contributed by atoms with Crippen LogP contribution in [0.2, 0.25) is 0 Å². The lowest BCUT2D eigenvalue weighted by atomic mass is 9.93. The predicted molar refractivity (Wildman–Crippen MR) is 104 cm³/mol. The van der Waals surface area contributed by atoms with Crippen LogP contribution in [0.25, 0.3) is 0 Å². The van der Waals surface area contributed by atoms with Gasteiger partial charge in [0, 0.05) is 26.6 Å². The van der Waals surface area contributed by atoms with E-state index in [1.807, 2.05) is 0 Å². The smallest absolute Gasteiger partial charge is 0.242 e. The van der Waals surface area contributed by atoms with Gasteiger partial charge in [0.2, 0.25) is 15.9 Å². The summed E-state index contributed by atoms with van der Waals surface area (Å²) in [6.45, 7) is 8.35. The summed E-state index contributed by atoms with van der Waals surface area (Å²) in [7, 11) is 0.989. The average molecular weight is 385 g/mol. The Morgan fingerprint density at radius 1 is 1.15 bits per heavy atom. The van der Waals surface area contributed by atoms with E-state index in [0.717, 1.165) is 0 Å². The number of nitrogens with one attached hydrogen (secondary N) is 1. The molecule has 0 aromatic heterocycles. The number of nitrogens with zero attached hydrogens (tertiary/aromatic N) is 1. The summed E-state index contributed by atoms with van der Waals surface area (Å²) in [6.07, 6.45) is 0.687. The van der Waals surface area contributed by atoms with Gasteiger partial charge in [-0.2, -0.15) is 0 Å². The van der Waals surface area contributed by atoms with Gasteiger partial charge in [0.15, 0.2) is 0 Å². The molecule has 0 bridgehead atoms. The van der Waals surface area contributed by atoms with Gasteiger partial charge in [0.25, 0.3) is 0 Å². The van der Waals surface area contributed by atoms with Gasteiger partial charge in [-0.15, -0.1) is 0 Å². The number of hydrogen-bond donors (Lipinski definition) is 1. The maximum Gasteiger partial charge on any atom is 0.242 e. The van der Waals surface area contributed by atoms with Crippen LogP contribution in [-0.2, 0) is 21.2 Å². The first-order chi connectivity index (χ1) is 12.0. The summed E-state index contributed by atoms with van der Waals surface area (Å²) in [5.74, 6) is 1.24. The van der Waals surface area contributed by atoms with Gasteiger partial charge in [0.05, 0.1) is 12.0 Å². The maximum atomic E-state index is 12.3. The fourth-order valence-electron chi connectivity index (χ4n) is 2.93. The highest BCUT2D eigenvalue weighted by Crippen LogP contribution is 2.25. The first kappa shape index (κ1) is 22.4. The molecule has 1 amide bonds. The topological polar surface area (TPSA) is 75.7 Å². The van der Waals surface area contributed by atoms with E-state index < -0.39 is 10.0 Å². The lowest BCUT2D eigenvalue weighted by molar-refractivity contribution is -0.122. The van der Waals surface area contributed by atoms with Crippen molar-refractivity contribution < 1.29 is 17.9 Å². The van der Waals surface area contributed by atoms with Crippen LogP contribution in [0.5, 0.6) is 5.75 Å². The number of methoxy groups -OCH3 is 1. The number of sulfonamides is 1. The summed E-state index contributed by atoms with van der Waals surface area (Å²) in [5.41, 5.74) is 0.705. The molecule has 6 nitrogen and oxygen atoms in total. The Balaban J connectivity index is 2.94. The van der Waals surface area contributed by atoms with Crippen molar-refractivity contribution in [3.8, 4) is 5.75 Å². The molecule has 0 unspecified atom stereocenters. The molecule has 0 atom stereocenters. The van der Waals surface area contributed by atoms with Crippen molar-refractivity contribution in [2.24, 2.45) is 11.8 Å². The van der Waals surface area contributed by atoms with Crippen LogP contribution in [0.1, 0.15) is 39.7 Å². The van der Waals surface area contributed by atoms with Crippen molar-refractivity contribution in [3.05, 3.63) is 23.8 Å². The molecule has 0 fully saturated rings. The molecule has 0 saturated carbocycles. The number of ether oxygens (including phenoxy) is 1. The van der Waals surface area contributed by atoms with Crippen LogP contribution in [-0.4, -0.2) is 45.9 Å². The van der Waals surface area contributed by atoms with Crippen molar-refractivity contribution in [2.45, 2.75) is 51.5 Å². The Morgan fingerprint density at radius 2 is 1.73 bits per heavy atom. The van der Waals surface area contributed by atoms with E-state index in [0.29, 0.717) is 29.6 Å². The molecular formula is C19H32N2O4S. The number of hydrogen-bond acceptors (Lipinski definition) is 4. The quantitative estimate of drug-likeness (QED) is 0.710. The molecule has 26 heavy (non-hydrogen) atoms. The SMILES string of the molecule is COc1ccc(S(=O)(=O)N(C)C)cc1CCC(=O)NC(C(C)C)C(C)C. The highest BCUT2D eigenvalue weighted by atomic mass is 32.2. The minimum atomic E-state index is -3.53. The third-order valence-corrected chi connectivity index (χ3v) is 6.23. The van der Waals surface area contributed by atoms with Crippen LogP contribution in [0.15, 0.2) is 23.1 Å². The van der Waals surface area contributed by atoms with E-state index >= 15 is 0 Å². The van der Waals surface area contributed by atoms with Gasteiger partial charge in [-0.3, -0.25) is 4.79 Å². The van der Waals surface area contributed by atoms with Crippen molar-refractivity contribution in [1.29, 1.82) is 0 Å². The zero-order valence-electron chi connectivity index (χ0n) is 16.9. The summed E-state index contributed by atoms with van der Waals surface area (Å²) in [6, 6.07) is 4.86. The second kappa shape index (κ2) is 9.37. The molecule has 0 aliphatic rings. The van der Waals surface area contributed by atoms with Crippen molar-refractivity contribution in [3.63, 3.8) is 0 Å². The van der Waals surface area contributed by atoms with Gasteiger partial charge < -0.3 is 10.1 Å². The molecule has 0 heterocycles. The third kappa shape index (κ3) is 5.71. The Morgan fingerprint density at radius 3 is 2.19 bits per heavy atom. The zero-order chi connectivity index (χ0) is 20.1. The molecule has 1 N–H and O–H groups in total. The standard InChI is InChI=1S/C19H32N2O4S/c1-13(2)19(14(3)4)20-18(22)11-8-15-12-16(9-10-17(15)25-7)26(23,24)21(5)6/h9-10,12-14,19H,8,11H2,1-7H3,(H,20,22). The van der Waals surface area contributed by atoms with E-state index in [2.05, 4.69) is 33.0 Å². The fraction of sp³-hybridized carbons (Fsp3) is 0.632. The van der Waals surface area contributed by atoms with Crippen molar-refractivity contribution >= 4 is 15.9 Å². The molecule has 0 aliphatic carbocycles. The van der Waals surface area contributed by atoms with Gasteiger partial charge in [0.1, 0.15) is 5.75 Å². The molecule has 0 aliphatic heterocycles. The predicted octanol–water partition coefficient (Wildman–Crippen LogP) is 2.67. The second-order valence-corrected chi connectivity index (χ2v) is 9.49. The number of benzene rings is 1. The molecule has 0 spiro atoms. The lowest BCUT2D eigenvalue weighted by Crippen LogP contribution is -2.42. The Kier molecular flexibility index (Phi) is 8.09. The largest absolute Gasteiger partial charge is 0.496 e. The minimum Gasteiger partial charge on any atom is -0.496 e. The normalized spacial score (nSPS) is 12.3. The van der Waals surface area contributed by atoms with Gasteiger partial charge in [-0.25, -0.2) is 12.7 Å². The fourth-order valence-corrected chi connectivity index (χ4v) is 3.88. The van der Waals surface area contributed by atoms with Crippen LogP contribution in [0.3, 0.4) is 0 Å². The maximum absolute atomic E-state index is 12.3. The van der Waals surface area contributed by atoms with E-state index in [-0.39, 0.29) is 23.3 Å². The van der Waals surface area contributed by atoms with Gasteiger partial charge >= 0.3 is 0 Å². The number of carbonyl (C=O) groups is 1. The van der Waals surface area contributed by atoms with Gasteiger partial charge in [-0.1, -0.05) is 27.7 Å². The number of rotatable bonds is 9. The summed E-state index contributed by atoms with van der Waals surface area (Å²) in [4.78, 5) is 12.5. The van der Waals surface area contributed by atoms with E-state index in [1.165, 1.54) is 31.6 Å². The van der Waals surface area contributed by atoms with E-state index in [9.17, 15) is 13.2 Å². The molecule has 1 aromatic carbocycles. The van der Waals surface area contributed by atoms with Gasteiger partial charge in [-0.05, 0) is 42.0 Å². The monoisotopic (exact) mass is 384 g/mol. The summed E-state index contributed by atoms with van der Waals surface area (Å²) < 4.78 is 31.1. The molecule has 7 heteroatoms. The van der Waals surface area contributed by atoms with Crippen molar-refractivity contribution in [2.75, 3.05) is 21.2 Å². The summed E-state index contributed by atoms with van der Waals surface area (Å²) >= 11 is 0. The van der Waals surface area contributed by atoms with Crippen LogP contribution >= 0.6 is 0 Å². The third-order valence-electron chi connectivity index (χ3n) is 4.42. The van der Waals surface area contributed by atoms with Crippen LogP contribution in [0.4, 0.5) is 0 Å².